The number of benzene rings is 7. The van der Waals surface area contributed by atoms with E-state index in [-0.39, 0.29) is 29.9 Å². The molecule has 0 N–H and O–H groups in total. The maximum atomic E-state index is 9.44. The summed E-state index contributed by atoms with van der Waals surface area (Å²) in [7, 11) is 0. The minimum absolute atomic E-state index is 0.0289. The zero-order valence-corrected chi connectivity index (χ0v) is 22.6. The Labute approximate surface area is 250 Å². The summed E-state index contributed by atoms with van der Waals surface area (Å²) in [5.41, 5.74) is 6.36. The van der Waals surface area contributed by atoms with Crippen molar-refractivity contribution in [3.05, 3.63) is 164 Å². The molecule has 0 radical (unpaired) electrons. The van der Waals surface area contributed by atoms with Gasteiger partial charge in [-0.1, -0.05) is 127 Å². The molecule has 42 heavy (non-hydrogen) atoms. The van der Waals surface area contributed by atoms with Crippen LogP contribution in [0.25, 0.3) is 55.0 Å². The van der Waals surface area contributed by atoms with Crippen LogP contribution in [-0.2, 0) is 0 Å². The van der Waals surface area contributed by atoms with Crippen LogP contribution in [0.1, 0.15) is 5.48 Å². The van der Waals surface area contributed by atoms with E-state index in [1.165, 1.54) is 0 Å². The minimum Gasteiger partial charge on any atom is -0.455 e. The molecule has 0 saturated carbocycles. The third-order valence-corrected chi connectivity index (χ3v) is 7.75. The normalized spacial score (nSPS) is 12.7. The van der Waals surface area contributed by atoms with E-state index in [1.807, 2.05) is 126 Å². The Balaban J connectivity index is 1.36. The molecule has 0 spiro atoms. The molecule has 0 aliphatic carbocycles. The Morgan fingerprint density at radius 2 is 1.21 bits per heavy atom. The van der Waals surface area contributed by atoms with Crippen molar-refractivity contribution in [1.82, 2.24) is 0 Å². The van der Waals surface area contributed by atoms with Crippen LogP contribution in [0.2, 0.25) is 0 Å². The van der Waals surface area contributed by atoms with Crippen LogP contribution in [0.3, 0.4) is 0 Å². The van der Waals surface area contributed by atoms with Crippen molar-refractivity contribution < 1.29 is 9.90 Å². The second-order valence-corrected chi connectivity index (χ2v) is 10.3. The van der Waals surface area contributed by atoms with E-state index in [1.54, 1.807) is 0 Å². The van der Waals surface area contributed by atoms with Gasteiger partial charge in [-0.05, 0) is 58.4 Å². The summed E-state index contributed by atoms with van der Waals surface area (Å²) in [5.74, 6) is 0. The molecule has 0 amide bonds. The zero-order chi connectivity index (χ0) is 31.4. The summed E-state index contributed by atoms with van der Waals surface area (Å²) in [4.78, 5) is 1.89. The number of hydrogen-bond acceptors (Lipinski definition) is 2. The second kappa shape index (κ2) is 10.1. The summed E-state index contributed by atoms with van der Waals surface area (Å²) in [6.45, 7) is 0. The van der Waals surface area contributed by atoms with Crippen LogP contribution < -0.4 is 4.90 Å². The van der Waals surface area contributed by atoms with E-state index in [4.69, 9.17) is 8.53 Å². The molecule has 7 aromatic carbocycles. The van der Waals surface area contributed by atoms with Crippen LogP contribution in [0, 0.1) is 0 Å². The highest BCUT2D eigenvalue weighted by Gasteiger charge is 2.17. The molecule has 0 bridgehead atoms. The lowest BCUT2D eigenvalue weighted by Gasteiger charge is -2.27. The summed E-state index contributed by atoms with van der Waals surface area (Å²) in [5, 5.41) is 4.09. The lowest BCUT2D eigenvalue weighted by atomic mass is 10.0. The molecular formula is C40H27NO. The number of hydrogen-bond donors (Lipinski definition) is 0. The Hall–Kier alpha value is -5.60. The number of fused-ring (bicyclic) bond motifs is 4. The molecule has 2 nitrogen and oxygen atoms in total. The van der Waals surface area contributed by atoms with E-state index in [0.29, 0.717) is 11.1 Å². The smallest absolute Gasteiger partial charge is 0.143 e. The molecule has 0 unspecified atom stereocenters. The van der Waals surface area contributed by atoms with Crippen LogP contribution in [-0.4, -0.2) is 0 Å². The van der Waals surface area contributed by atoms with Crippen molar-refractivity contribution in [1.29, 1.82) is 0 Å². The zero-order valence-electron chi connectivity index (χ0n) is 26.6. The van der Waals surface area contributed by atoms with E-state index < -0.39 is 0 Å². The van der Waals surface area contributed by atoms with Gasteiger partial charge in [0.2, 0.25) is 0 Å². The van der Waals surface area contributed by atoms with E-state index in [2.05, 4.69) is 18.2 Å². The quantitative estimate of drug-likeness (QED) is 0.215. The van der Waals surface area contributed by atoms with E-state index in [0.717, 1.165) is 55.2 Å². The molecule has 0 saturated heterocycles. The SMILES string of the molecule is [2H]c1c([2H])c(-c2ccccc2)c([2H])c(N(c2ccc(-c3cccc4c3oc3ccccc34)cc2)c2cccc3ccccc23)c1[2H]. The molecule has 2 heteroatoms. The fraction of sp³-hybridized carbons (Fsp3) is 0. The maximum absolute atomic E-state index is 9.44. The third-order valence-electron chi connectivity index (χ3n) is 7.75. The van der Waals surface area contributed by atoms with Gasteiger partial charge in [-0.15, -0.1) is 0 Å². The molecule has 198 valence electrons. The van der Waals surface area contributed by atoms with Crippen LogP contribution in [0.5, 0.6) is 0 Å². The van der Waals surface area contributed by atoms with Gasteiger partial charge < -0.3 is 9.32 Å². The first-order chi connectivity index (χ1) is 22.5. The van der Waals surface area contributed by atoms with E-state index >= 15 is 0 Å². The second-order valence-electron chi connectivity index (χ2n) is 10.3. The number of rotatable bonds is 5. The molecule has 8 aromatic rings. The highest BCUT2D eigenvalue weighted by atomic mass is 16.3. The lowest BCUT2D eigenvalue weighted by Crippen LogP contribution is -2.10. The van der Waals surface area contributed by atoms with Crippen molar-refractivity contribution >= 4 is 49.8 Å². The Morgan fingerprint density at radius 1 is 0.500 bits per heavy atom. The first-order valence-corrected chi connectivity index (χ1v) is 14.0. The minimum atomic E-state index is -0.219. The van der Waals surface area contributed by atoms with Crippen LogP contribution >= 0.6 is 0 Å². The van der Waals surface area contributed by atoms with Gasteiger partial charge in [0, 0.05) is 33.1 Å². The molecular weight excluding hydrogens is 510 g/mol. The fourth-order valence-electron chi connectivity index (χ4n) is 5.75. The van der Waals surface area contributed by atoms with Crippen molar-refractivity contribution in [2.45, 2.75) is 0 Å². The highest BCUT2D eigenvalue weighted by Crippen LogP contribution is 2.41. The van der Waals surface area contributed by atoms with Gasteiger partial charge in [0.05, 0.1) is 11.2 Å². The number of nitrogens with zero attached hydrogens (tertiary/aromatic N) is 1. The molecule has 0 atom stereocenters. The molecule has 8 rings (SSSR count). The van der Waals surface area contributed by atoms with Gasteiger partial charge >= 0.3 is 0 Å². The average Bonchev–Trinajstić information content (AvgIpc) is 3.49. The van der Waals surface area contributed by atoms with Gasteiger partial charge in [0.25, 0.3) is 0 Å². The molecule has 0 aliphatic heterocycles. The number of furan rings is 1. The standard InChI is InChI=1S/C40H27NO/c1-2-11-28(12-3-1)31-15-8-16-33(27-31)41(38-21-9-14-29-13-4-5-17-34(29)38)32-25-23-30(24-26-32)35-19-10-20-37-36-18-6-7-22-39(36)42-40(35)37/h1-27H/i8D,15D,16D,27D. The first kappa shape index (κ1) is 20.3. The monoisotopic (exact) mass is 541 g/mol. The molecule has 1 aromatic heterocycles. The predicted octanol–water partition coefficient (Wildman–Crippen LogP) is 11.5. The van der Waals surface area contributed by atoms with Crippen LogP contribution in [0.15, 0.2) is 168 Å². The largest absolute Gasteiger partial charge is 0.455 e. The lowest BCUT2D eigenvalue weighted by molar-refractivity contribution is 0.670. The average molecular weight is 542 g/mol. The Bertz CT molecular complexity index is 2410. The fourth-order valence-corrected chi connectivity index (χ4v) is 5.75. The van der Waals surface area contributed by atoms with Gasteiger partial charge in [0.1, 0.15) is 11.2 Å². The molecule has 0 aliphatic rings. The third kappa shape index (κ3) is 4.13. The predicted molar refractivity (Wildman–Crippen MR) is 177 cm³/mol. The van der Waals surface area contributed by atoms with Crippen LogP contribution in [0.4, 0.5) is 17.1 Å². The highest BCUT2D eigenvalue weighted by molar-refractivity contribution is 6.09. The van der Waals surface area contributed by atoms with Gasteiger partial charge in [-0.2, -0.15) is 0 Å². The molecule has 1 heterocycles. The Kier molecular flexibility index (Phi) is 4.88. The van der Waals surface area contributed by atoms with E-state index in [9.17, 15) is 1.37 Å². The van der Waals surface area contributed by atoms with Gasteiger partial charge in [-0.3, -0.25) is 0 Å². The summed E-state index contributed by atoms with van der Waals surface area (Å²) >= 11 is 0. The summed E-state index contributed by atoms with van der Waals surface area (Å²) in [6.07, 6.45) is 0. The number of anilines is 3. The Morgan fingerprint density at radius 3 is 2.10 bits per heavy atom. The summed E-state index contributed by atoms with van der Waals surface area (Å²) in [6, 6.07) is 45.0. The first-order valence-electron chi connectivity index (χ1n) is 16.0. The van der Waals surface area contributed by atoms with Crippen molar-refractivity contribution in [2.24, 2.45) is 0 Å². The topological polar surface area (TPSA) is 16.4 Å². The van der Waals surface area contributed by atoms with Crippen molar-refractivity contribution in [3.63, 3.8) is 0 Å². The van der Waals surface area contributed by atoms with Crippen molar-refractivity contribution in [3.8, 4) is 22.3 Å². The van der Waals surface area contributed by atoms with Gasteiger partial charge in [-0.25, -0.2) is 0 Å². The summed E-state index contributed by atoms with van der Waals surface area (Å²) < 4.78 is 42.5. The molecule has 0 fully saturated rings. The van der Waals surface area contributed by atoms with Crippen molar-refractivity contribution in [2.75, 3.05) is 4.90 Å². The number of para-hydroxylation sites is 2. The van der Waals surface area contributed by atoms with Gasteiger partial charge in [0.15, 0.2) is 0 Å². The maximum Gasteiger partial charge on any atom is 0.143 e.